The van der Waals surface area contributed by atoms with Crippen LogP contribution in [0.3, 0.4) is 0 Å². The quantitative estimate of drug-likeness (QED) is 0.607. The molecule has 1 aliphatic heterocycles. The van der Waals surface area contributed by atoms with Crippen molar-refractivity contribution in [2.75, 3.05) is 13.1 Å². The number of nitrogens with zero attached hydrogens (tertiary/aromatic N) is 1. The van der Waals surface area contributed by atoms with Gasteiger partial charge in [-0.05, 0) is 42.4 Å². The second-order valence-corrected chi connectivity index (χ2v) is 9.00. The van der Waals surface area contributed by atoms with Gasteiger partial charge in [0.25, 0.3) is 0 Å². The Morgan fingerprint density at radius 2 is 1.48 bits per heavy atom. The molecule has 1 saturated heterocycles. The summed E-state index contributed by atoms with van der Waals surface area (Å²) in [5, 5.41) is 23.8. The van der Waals surface area contributed by atoms with E-state index in [1.807, 2.05) is 42.5 Å². The van der Waals surface area contributed by atoms with E-state index in [4.69, 9.17) is 0 Å². The molecule has 1 aliphatic rings. The van der Waals surface area contributed by atoms with Crippen LogP contribution >= 0.6 is 8.58 Å². The fraction of sp³-hybridized carbons (Fsp3) is 0.280. The van der Waals surface area contributed by atoms with E-state index in [9.17, 15) is 10.2 Å². The molecule has 0 amide bonds. The number of phenolic OH excluding ortho intramolecular Hbond substituents is 1. The summed E-state index contributed by atoms with van der Waals surface area (Å²) in [4.78, 5) is 2.53. The van der Waals surface area contributed by atoms with Gasteiger partial charge in [-0.3, -0.25) is 4.90 Å². The summed E-state index contributed by atoms with van der Waals surface area (Å²) in [6, 6.07) is 23.7. The molecule has 4 heteroatoms. The maximum absolute atomic E-state index is 10.9. The van der Waals surface area contributed by atoms with Gasteiger partial charge in [0.2, 0.25) is 0 Å². The normalized spacial score (nSPS) is 16.3. The second kappa shape index (κ2) is 9.54. The van der Waals surface area contributed by atoms with Crippen LogP contribution in [0.15, 0.2) is 72.8 Å². The smallest absolute Gasteiger partial charge is 0.129 e. The van der Waals surface area contributed by atoms with E-state index < -0.39 is 6.10 Å². The predicted octanol–water partition coefficient (Wildman–Crippen LogP) is 4.09. The van der Waals surface area contributed by atoms with Gasteiger partial charge in [-0.2, -0.15) is 0 Å². The highest BCUT2D eigenvalue weighted by Gasteiger charge is 2.18. The molecule has 0 radical (unpaired) electrons. The van der Waals surface area contributed by atoms with Crippen LogP contribution in [-0.2, 0) is 6.54 Å². The number of phenols is 1. The minimum Gasteiger partial charge on any atom is -0.507 e. The SMILES string of the molecule is Oc1c(Pc2ccccc2CN2CCCCC2)cccc1C(O)c1ccccc1. The van der Waals surface area contributed by atoms with Crippen molar-refractivity contribution in [1.82, 2.24) is 4.90 Å². The Morgan fingerprint density at radius 1 is 0.793 bits per heavy atom. The highest BCUT2D eigenvalue weighted by atomic mass is 31.1. The number of hydrogen-bond donors (Lipinski definition) is 2. The standard InChI is InChI=1S/C25H28NO2P/c27-24(19-10-3-1-4-11-19)21-13-9-15-23(25(21)28)29-22-14-6-5-12-20(22)18-26-16-7-2-8-17-26/h1,3-6,9-15,24,27-29H,2,7-8,16-18H2. The predicted molar refractivity (Wildman–Crippen MR) is 122 cm³/mol. The maximum Gasteiger partial charge on any atom is 0.129 e. The topological polar surface area (TPSA) is 43.7 Å². The Hall–Kier alpha value is -2.19. The van der Waals surface area contributed by atoms with E-state index in [2.05, 4.69) is 29.2 Å². The van der Waals surface area contributed by atoms with E-state index >= 15 is 0 Å². The molecule has 29 heavy (non-hydrogen) atoms. The van der Waals surface area contributed by atoms with Crippen molar-refractivity contribution in [1.29, 1.82) is 0 Å². The fourth-order valence-corrected chi connectivity index (χ4v) is 5.22. The zero-order valence-corrected chi connectivity index (χ0v) is 17.6. The molecular weight excluding hydrogens is 377 g/mol. The van der Waals surface area contributed by atoms with Crippen LogP contribution in [0, 0.1) is 0 Å². The molecule has 0 aromatic heterocycles. The third-order valence-corrected chi connectivity index (χ3v) is 7.04. The number of benzene rings is 3. The molecule has 150 valence electrons. The minimum absolute atomic E-state index is 0.204. The van der Waals surface area contributed by atoms with Crippen molar-refractivity contribution in [3.8, 4) is 5.75 Å². The summed E-state index contributed by atoms with van der Waals surface area (Å²) in [6.07, 6.45) is 3.07. The molecule has 4 rings (SSSR count). The largest absolute Gasteiger partial charge is 0.507 e. The van der Waals surface area contributed by atoms with E-state index in [1.165, 1.54) is 43.2 Å². The van der Waals surface area contributed by atoms with E-state index in [0.29, 0.717) is 14.1 Å². The molecule has 3 aromatic rings. The zero-order chi connectivity index (χ0) is 20.1. The van der Waals surface area contributed by atoms with Crippen molar-refractivity contribution in [2.24, 2.45) is 0 Å². The van der Waals surface area contributed by atoms with E-state index in [1.54, 1.807) is 6.07 Å². The molecular formula is C25H28NO2P. The summed E-state index contributed by atoms with van der Waals surface area (Å²) in [5.41, 5.74) is 2.68. The lowest BCUT2D eigenvalue weighted by Gasteiger charge is -2.27. The van der Waals surface area contributed by atoms with Crippen LogP contribution in [-0.4, -0.2) is 28.2 Å². The van der Waals surface area contributed by atoms with Gasteiger partial charge in [-0.1, -0.05) is 87.8 Å². The molecule has 0 spiro atoms. The number of aromatic hydroxyl groups is 1. The molecule has 2 N–H and O–H groups in total. The summed E-state index contributed by atoms with van der Waals surface area (Å²) < 4.78 is 0. The Kier molecular flexibility index (Phi) is 6.61. The number of aliphatic hydroxyl groups excluding tert-OH is 1. The average Bonchev–Trinajstić information content (AvgIpc) is 2.77. The third kappa shape index (κ3) is 4.87. The van der Waals surface area contributed by atoms with Crippen molar-refractivity contribution >= 4 is 19.2 Å². The number of hydrogen-bond acceptors (Lipinski definition) is 3. The number of rotatable bonds is 6. The molecule has 0 aliphatic carbocycles. The molecule has 0 saturated carbocycles. The summed E-state index contributed by atoms with van der Waals surface area (Å²) >= 11 is 0. The average molecular weight is 405 g/mol. The van der Waals surface area contributed by atoms with Crippen molar-refractivity contribution < 1.29 is 10.2 Å². The van der Waals surface area contributed by atoms with Crippen LogP contribution in [0.1, 0.15) is 42.1 Å². The maximum atomic E-state index is 10.9. The molecule has 2 atom stereocenters. The zero-order valence-electron chi connectivity index (χ0n) is 16.6. The first-order chi connectivity index (χ1) is 14.2. The Morgan fingerprint density at radius 3 is 2.28 bits per heavy atom. The first-order valence-electron chi connectivity index (χ1n) is 10.3. The summed E-state index contributed by atoms with van der Waals surface area (Å²) in [5.74, 6) is 0.204. The van der Waals surface area contributed by atoms with Crippen molar-refractivity contribution in [3.63, 3.8) is 0 Å². The number of piperidine rings is 1. The lowest BCUT2D eigenvalue weighted by Crippen LogP contribution is -2.30. The monoisotopic (exact) mass is 405 g/mol. The van der Waals surface area contributed by atoms with Crippen LogP contribution in [0.4, 0.5) is 0 Å². The van der Waals surface area contributed by atoms with Gasteiger partial charge in [-0.25, -0.2) is 0 Å². The first-order valence-corrected chi connectivity index (χ1v) is 11.3. The van der Waals surface area contributed by atoms with Gasteiger partial charge < -0.3 is 10.2 Å². The highest BCUT2D eigenvalue weighted by Crippen LogP contribution is 2.31. The molecule has 1 heterocycles. The molecule has 0 bridgehead atoms. The number of likely N-dealkylation sites (tertiary alicyclic amines) is 1. The molecule has 2 unspecified atom stereocenters. The lowest BCUT2D eigenvalue weighted by molar-refractivity contribution is 0.216. The van der Waals surface area contributed by atoms with Gasteiger partial charge in [0.15, 0.2) is 0 Å². The van der Waals surface area contributed by atoms with Gasteiger partial charge in [-0.15, -0.1) is 0 Å². The fourth-order valence-electron chi connectivity index (χ4n) is 3.98. The van der Waals surface area contributed by atoms with Crippen molar-refractivity contribution in [2.45, 2.75) is 31.9 Å². The number of aliphatic hydroxyl groups is 1. The first kappa shape index (κ1) is 20.1. The Balaban J connectivity index is 1.57. The summed E-state index contributed by atoms with van der Waals surface area (Å²) in [7, 11) is 0.354. The van der Waals surface area contributed by atoms with Crippen molar-refractivity contribution in [3.05, 3.63) is 89.5 Å². The van der Waals surface area contributed by atoms with Crippen LogP contribution < -0.4 is 10.6 Å². The van der Waals surface area contributed by atoms with Crippen LogP contribution in [0.5, 0.6) is 5.75 Å². The van der Waals surface area contributed by atoms with Gasteiger partial charge in [0.05, 0.1) is 0 Å². The highest BCUT2D eigenvalue weighted by molar-refractivity contribution is 7.55. The van der Waals surface area contributed by atoms with Gasteiger partial charge in [0.1, 0.15) is 11.9 Å². The van der Waals surface area contributed by atoms with E-state index in [0.717, 1.165) is 17.4 Å². The second-order valence-electron chi connectivity index (χ2n) is 7.68. The van der Waals surface area contributed by atoms with Crippen LogP contribution in [0.25, 0.3) is 0 Å². The van der Waals surface area contributed by atoms with E-state index in [-0.39, 0.29) is 5.75 Å². The van der Waals surface area contributed by atoms with Gasteiger partial charge in [0, 0.05) is 17.4 Å². The summed E-state index contributed by atoms with van der Waals surface area (Å²) in [6.45, 7) is 3.30. The molecule has 1 fully saturated rings. The third-order valence-electron chi connectivity index (χ3n) is 5.61. The molecule has 3 aromatic carbocycles. The lowest BCUT2D eigenvalue weighted by atomic mass is 10.0. The van der Waals surface area contributed by atoms with Crippen LogP contribution in [0.2, 0.25) is 0 Å². The molecule has 3 nitrogen and oxygen atoms in total. The minimum atomic E-state index is -0.829. The number of para-hydroxylation sites is 1. The Labute approximate surface area is 174 Å². The Bertz CT molecular complexity index is 939. The van der Waals surface area contributed by atoms with Gasteiger partial charge >= 0.3 is 0 Å².